The van der Waals surface area contributed by atoms with E-state index in [0.717, 1.165) is 25.0 Å². The van der Waals surface area contributed by atoms with Gasteiger partial charge in [-0.05, 0) is 30.9 Å². The van der Waals surface area contributed by atoms with Crippen molar-refractivity contribution in [1.82, 2.24) is 9.88 Å². The van der Waals surface area contributed by atoms with E-state index in [1.807, 2.05) is 0 Å². The van der Waals surface area contributed by atoms with Gasteiger partial charge >= 0.3 is 6.18 Å². The number of pyridine rings is 1. The topological polar surface area (TPSA) is 33.2 Å². The first kappa shape index (κ1) is 15.1. The average Bonchev–Trinajstić information content (AvgIpc) is 2.35. The molecule has 0 aromatic carbocycles. The minimum Gasteiger partial charge on any atom is -0.340 e. The molecule has 1 aromatic rings. The fourth-order valence-corrected chi connectivity index (χ4v) is 2.66. The first-order valence-corrected chi connectivity index (χ1v) is 6.64. The van der Waals surface area contributed by atoms with Gasteiger partial charge in [0, 0.05) is 25.2 Å². The van der Waals surface area contributed by atoms with Crippen LogP contribution in [0.25, 0.3) is 0 Å². The lowest BCUT2D eigenvalue weighted by atomic mass is 9.84. The first-order chi connectivity index (χ1) is 9.27. The Morgan fingerprint density at radius 1 is 1.45 bits per heavy atom. The number of hydrogen-bond donors (Lipinski definition) is 0. The molecule has 2 rings (SSSR count). The van der Waals surface area contributed by atoms with Gasteiger partial charge in [0.05, 0.1) is 5.56 Å². The molecule has 0 radical (unpaired) electrons. The maximum absolute atomic E-state index is 12.4. The summed E-state index contributed by atoms with van der Waals surface area (Å²) >= 11 is 5.86. The molecule has 0 spiro atoms. The summed E-state index contributed by atoms with van der Waals surface area (Å²) < 4.78 is 37.2. The average molecular weight is 307 g/mol. The van der Waals surface area contributed by atoms with E-state index in [2.05, 4.69) is 4.98 Å². The molecule has 0 unspecified atom stereocenters. The molecule has 0 bridgehead atoms. The Kier molecular flexibility index (Phi) is 4.22. The number of amides is 1. The van der Waals surface area contributed by atoms with Crippen LogP contribution < -0.4 is 0 Å². The van der Waals surface area contributed by atoms with Crippen molar-refractivity contribution >= 4 is 17.5 Å². The molecule has 110 valence electrons. The second-order valence-corrected chi connectivity index (χ2v) is 5.67. The molecule has 1 aromatic heterocycles. The van der Waals surface area contributed by atoms with Crippen LogP contribution in [-0.4, -0.2) is 34.8 Å². The first-order valence-electron chi connectivity index (χ1n) is 6.20. The summed E-state index contributed by atoms with van der Waals surface area (Å²) in [6.45, 7) is 0.546. The van der Waals surface area contributed by atoms with Crippen LogP contribution in [0.1, 0.15) is 28.9 Å². The zero-order chi connectivity index (χ0) is 14.9. The number of aromatic nitrogens is 1. The minimum atomic E-state index is -4.44. The zero-order valence-corrected chi connectivity index (χ0v) is 11.6. The van der Waals surface area contributed by atoms with Crippen LogP contribution in [0.3, 0.4) is 0 Å². The maximum Gasteiger partial charge on any atom is 0.417 e. The van der Waals surface area contributed by atoms with E-state index < -0.39 is 11.7 Å². The van der Waals surface area contributed by atoms with Gasteiger partial charge in [-0.1, -0.05) is 0 Å². The quantitative estimate of drug-likeness (QED) is 0.804. The van der Waals surface area contributed by atoms with Crippen LogP contribution in [-0.2, 0) is 6.18 Å². The summed E-state index contributed by atoms with van der Waals surface area (Å²) in [5.41, 5.74) is -0.845. The molecule has 3 nitrogen and oxygen atoms in total. The van der Waals surface area contributed by atoms with Crippen molar-refractivity contribution in [3.05, 3.63) is 29.6 Å². The molecular weight excluding hydrogens is 293 g/mol. The van der Waals surface area contributed by atoms with Crippen molar-refractivity contribution in [3.8, 4) is 0 Å². The van der Waals surface area contributed by atoms with Crippen LogP contribution in [0.4, 0.5) is 13.2 Å². The van der Waals surface area contributed by atoms with Crippen LogP contribution in [0.15, 0.2) is 18.3 Å². The van der Waals surface area contributed by atoms with E-state index in [0.29, 0.717) is 18.7 Å². The lowest BCUT2D eigenvalue weighted by Crippen LogP contribution is -2.38. The molecule has 20 heavy (non-hydrogen) atoms. The summed E-state index contributed by atoms with van der Waals surface area (Å²) in [5, 5.41) is 0.174. The van der Waals surface area contributed by atoms with E-state index in [1.165, 1.54) is 4.90 Å². The van der Waals surface area contributed by atoms with Gasteiger partial charge in [-0.3, -0.25) is 9.78 Å². The molecule has 1 saturated carbocycles. The van der Waals surface area contributed by atoms with Gasteiger partial charge < -0.3 is 4.90 Å². The maximum atomic E-state index is 12.4. The van der Waals surface area contributed by atoms with Gasteiger partial charge in [0.15, 0.2) is 0 Å². The molecule has 1 heterocycles. The van der Waals surface area contributed by atoms with Crippen LogP contribution >= 0.6 is 11.6 Å². The highest BCUT2D eigenvalue weighted by molar-refractivity contribution is 6.21. The Hall–Kier alpha value is -1.30. The Morgan fingerprint density at radius 2 is 2.10 bits per heavy atom. The summed E-state index contributed by atoms with van der Waals surface area (Å²) in [6, 6.07) is 1.97. The lowest BCUT2D eigenvalue weighted by molar-refractivity contribution is -0.137. The van der Waals surface area contributed by atoms with Crippen molar-refractivity contribution in [2.75, 3.05) is 13.6 Å². The molecule has 1 fully saturated rings. The fraction of sp³-hybridized carbons (Fsp3) is 0.538. The Bertz CT molecular complexity index is 483. The molecule has 1 aliphatic carbocycles. The highest BCUT2D eigenvalue weighted by Gasteiger charge is 2.32. The van der Waals surface area contributed by atoms with E-state index in [9.17, 15) is 18.0 Å². The SMILES string of the molecule is CN(CC1CC(Cl)C1)C(=O)c1ccc(C(F)(F)F)cn1. The summed E-state index contributed by atoms with van der Waals surface area (Å²) in [7, 11) is 1.61. The predicted octanol–water partition coefficient (Wildman–Crippen LogP) is 3.19. The van der Waals surface area contributed by atoms with Gasteiger partial charge in [-0.15, -0.1) is 11.6 Å². The Morgan fingerprint density at radius 3 is 2.55 bits per heavy atom. The molecule has 0 aliphatic heterocycles. The third-order valence-electron chi connectivity index (χ3n) is 3.37. The third kappa shape index (κ3) is 3.42. The number of rotatable bonds is 3. The number of carbonyl (C=O) groups excluding carboxylic acids is 1. The van der Waals surface area contributed by atoms with Crippen molar-refractivity contribution in [3.63, 3.8) is 0 Å². The molecule has 1 amide bonds. The summed E-state index contributed by atoms with van der Waals surface area (Å²) in [4.78, 5) is 17.1. The van der Waals surface area contributed by atoms with Gasteiger partial charge in [-0.25, -0.2) is 0 Å². The highest BCUT2D eigenvalue weighted by atomic mass is 35.5. The van der Waals surface area contributed by atoms with Crippen molar-refractivity contribution in [1.29, 1.82) is 0 Å². The fourth-order valence-electron chi connectivity index (χ4n) is 2.16. The Labute approximate surface area is 119 Å². The number of nitrogens with zero attached hydrogens (tertiary/aromatic N) is 2. The van der Waals surface area contributed by atoms with Gasteiger partial charge in [0.2, 0.25) is 0 Å². The standard InChI is InChI=1S/C13H14ClF3N2O/c1-19(7-8-4-10(14)5-8)12(20)11-3-2-9(6-18-11)13(15,16)17/h2-3,6,8,10H,4-5,7H2,1H3. The second kappa shape index (κ2) is 5.60. The van der Waals surface area contributed by atoms with Gasteiger partial charge in [0.1, 0.15) is 5.69 Å². The largest absolute Gasteiger partial charge is 0.417 e. The zero-order valence-electron chi connectivity index (χ0n) is 10.8. The van der Waals surface area contributed by atoms with Gasteiger partial charge in [0.25, 0.3) is 5.91 Å². The van der Waals surface area contributed by atoms with E-state index in [1.54, 1.807) is 7.05 Å². The van der Waals surface area contributed by atoms with E-state index >= 15 is 0 Å². The molecular formula is C13H14ClF3N2O. The summed E-state index contributed by atoms with van der Waals surface area (Å²) in [6.07, 6.45) is -2.04. The van der Waals surface area contributed by atoms with E-state index in [4.69, 9.17) is 11.6 Å². The second-order valence-electron chi connectivity index (χ2n) is 5.05. The summed E-state index contributed by atoms with van der Waals surface area (Å²) in [5.74, 6) is -0.0161. The van der Waals surface area contributed by atoms with Crippen molar-refractivity contribution < 1.29 is 18.0 Å². The minimum absolute atomic E-state index is 0.0160. The molecule has 0 saturated heterocycles. The molecule has 0 atom stereocenters. The van der Waals surface area contributed by atoms with Crippen LogP contribution in [0.2, 0.25) is 0 Å². The smallest absolute Gasteiger partial charge is 0.340 e. The van der Waals surface area contributed by atoms with E-state index in [-0.39, 0.29) is 17.0 Å². The number of carbonyl (C=O) groups is 1. The number of halogens is 4. The van der Waals surface area contributed by atoms with Crippen LogP contribution in [0.5, 0.6) is 0 Å². The van der Waals surface area contributed by atoms with Gasteiger partial charge in [-0.2, -0.15) is 13.2 Å². The molecule has 1 aliphatic rings. The highest BCUT2D eigenvalue weighted by Crippen LogP contribution is 2.32. The molecule has 0 N–H and O–H groups in total. The normalized spacial score (nSPS) is 22.2. The van der Waals surface area contributed by atoms with Crippen molar-refractivity contribution in [2.24, 2.45) is 5.92 Å². The predicted molar refractivity (Wildman–Crippen MR) is 68.6 cm³/mol. The monoisotopic (exact) mass is 306 g/mol. The van der Waals surface area contributed by atoms with Crippen molar-refractivity contribution in [2.45, 2.75) is 24.4 Å². The third-order valence-corrected chi connectivity index (χ3v) is 3.72. The Balaban J connectivity index is 1.98. The van der Waals surface area contributed by atoms with Crippen LogP contribution in [0, 0.1) is 5.92 Å². The number of hydrogen-bond acceptors (Lipinski definition) is 2. The molecule has 7 heteroatoms. The lowest BCUT2D eigenvalue weighted by Gasteiger charge is -2.34. The number of alkyl halides is 4.